The van der Waals surface area contributed by atoms with Crippen molar-refractivity contribution in [3.63, 3.8) is 0 Å². The van der Waals surface area contributed by atoms with Gasteiger partial charge in [-0.15, -0.1) is 0 Å². The molecule has 2 heterocycles. The van der Waals surface area contributed by atoms with Crippen LogP contribution in [0.4, 0.5) is 4.39 Å². The topological polar surface area (TPSA) is 62.6 Å². The Morgan fingerprint density at radius 1 is 1.30 bits per heavy atom. The van der Waals surface area contributed by atoms with Gasteiger partial charge in [-0.3, -0.25) is 9.59 Å². The predicted molar refractivity (Wildman–Crippen MR) is 81.0 cm³/mol. The van der Waals surface area contributed by atoms with E-state index in [-0.39, 0.29) is 29.3 Å². The van der Waals surface area contributed by atoms with Crippen molar-refractivity contribution in [1.82, 2.24) is 10.2 Å². The number of carbonyl (C=O) groups excluding carboxylic acids is 2. The van der Waals surface area contributed by atoms with Crippen LogP contribution in [0, 0.1) is 11.7 Å². The number of furan rings is 1. The first-order valence-corrected chi connectivity index (χ1v) is 7.46. The lowest BCUT2D eigenvalue weighted by Crippen LogP contribution is -2.31. The van der Waals surface area contributed by atoms with Gasteiger partial charge >= 0.3 is 0 Å². The number of nitrogens with zero attached hydrogens (tertiary/aromatic N) is 1. The first-order chi connectivity index (χ1) is 11.1. The number of likely N-dealkylation sites (tertiary alicyclic amines) is 1. The minimum Gasteiger partial charge on any atom is -0.459 e. The fraction of sp³-hybridized carbons (Fsp3) is 0.294. The van der Waals surface area contributed by atoms with Crippen molar-refractivity contribution < 1.29 is 18.4 Å². The summed E-state index contributed by atoms with van der Waals surface area (Å²) in [5.74, 6) is -0.189. The van der Waals surface area contributed by atoms with Gasteiger partial charge in [-0.25, -0.2) is 4.39 Å². The van der Waals surface area contributed by atoms with Crippen LogP contribution in [-0.2, 0) is 11.3 Å². The van der Waals surface area contributed by atoms with Crippen molar-refractivity contribution in [2.24, 2.45) is 5.92 Å². The molecule has 1 aromatic carbocycles. The molecule has 0 bridgehead atoms. The van der Waals surface area contributed by atoms with Crippen molar-refractivity contribution in [2.75, 3.05) is 13.1 Å². The third-order valence-corrected chi connectivity index (χ3v) is 3.88. The molecule has 1 fully saturated rings. The molecule has 0 spiro atoms. The largest absolute Gasteiger partial charge is 0.459 e. The summed E-state index contributed by atoms with van der Waals surface area (Å²) < 4.78 is 17.9. The van der Waals surface area contributed by atoms with Crippen molar-refractivity contribution in [1.29, 1.82) is 0 Å². The molecule has 1 aliphatic rings. The summed E-state index contributed by atoms with van der Waals surface area (Å²) in [4.78, 5) is 25.6. The van der Waals surface area contributed by atoms with Crippen LogP contribution in [0.2, 0.25) is 0 Å². The number of rotatable bonds is 5. The SMILES string of the molecule is O=C(NCC1CC(=O)N(Cc2ccc(F)cc2)C1)c1ccco1. The molecule has 1 saturated heterocycles. The summed E-state index contributed by atoms with van der Waals surface area (Å²) in [7, 11) is 0. The molecule has 1 aromatic heterocycles. The van der Waals surface area contributed by atoms with E-state index in [4.69, 9.17) is 4.42 Å². The standard InChI is InChI=1S/C17H17FN2O3/c18-14-5-3-12(4-6-14)10-20-11-13(8-16(20)21)9-19-17(22)15-2-1-7-23-15/h1-7,13H,8-11H2,(H,19,22). The molecule has 0 radical (unpaired) electrons. The molecule has 3 rings (SSSR count). The third-order valence-electron chi connectivity index (χ3n) is 3.88. The predicted octanol–water partition coefficient (Wildman–Crippen LogP) is 2.20. The normalized spacial score (nSPS) is 17.5. The van der Waals surface area contributed by atoms with Crippen LogP contribution in [0.3, 0.4) is 0 Å². The molecule has 0 aliphatic carbocycles. The lowest BCUT2D eigenvalue weighted by molar-refractivity contribution is -0.128. The summed E-state index contributed by atoms with van der Waals surface area (Å²) in [6, 6.07) is 9.37. The second-order valence-corrected chi connectivity index (χ2v) is 5.66. The van der Waals surface area contributed by atoms with Crippen LogP contribution in [0.25, 0.3) is 0 Å². The van der Waals surface area contributed by atoms with E-state index < -0.39 is 0 Å². The van der Waals surface area contributed by atoms with Crippen molar-refractivity contribution in [2.45, 2.75) is 13.0 Å². The molecule has 2 amide bonds. The fourth-order valence-corrected chi connectivity index (χ4v) is 2.69. The summed E-state index contributed by atoms with van der Waals surface area (Å²) in [5, 5.41) is 2.78. The van der Waals surface area contributed by atoms with Crippen LogP contribution >= 0.6 is 0 Å². The molecule has 6 heteroatoms. The van der Waals surface area contributed by atoms with E-state index >= 15 is 0 Å². The summed E-state index contributed by atoms with van der Waals surface area (Å²) in [5.41, 5.74) is 0.889. The Balaban J connectivity index is 1.51. The van der Waals surface area contributed by atoms with Gasteiger partial charge < -0.3 is 14.6 Å². The van der Waals surface area contributed by atoms with E-state index in [1.165, 1.54) is 18.4 Å². The molecule has 23 heavy (non-hydrogen) atoms. The Labute approximate surface area is 133 Å². The number of nitrogens with one attached hydrogen (secondary N) is 1. The van der Waals surface area contributed by atoms with E-state index in [9.17, 15) is 14.0 Å². The van der Waals surface area contributed by atoms with Crippen LogP contribution in [0.1, 0.15) is 22.5 Å². The van der Waals surface area contributed by atoms with E-state index in [1.807, 2.05) is 0 Å². The zero-order valence-corrected chi connectivity index (χ0v) is 12.5. The second-order valence-electron chi connectivity index (χ2n) is 5.66. The maximum atomic E-state index is 12.9. The first-order valence-electron chi connectivity index (χ1n) is 7.46. The highest BCUT2D eigenvalue weighted by atomic mass is 19.1. The zero-order chi connectivity index (χ0) is 16.2. The van der Waals surface area contributed by atoms with Crippen LogP contribution in [0.15, 0.2) is 47.1 Å². The van der Waals surface area contributed by atoms with Crippen LogP contribution in [0.5, 0.6) is 0 Å². The van der Waals surface area contributed by atoms with Crippen LogP contribution < -0.4 is 5.32 Å². The molecule has 1 atom stereocenters. The van der Waals surface area contributed by atoms with Gasteiger partial charge in [-0.05, 0) is 29.8 Å². The van der Waals surface area contributed by atoms with Gasteiger partial charge in [-0.2, -0.15) is 0 Å². The van der Waals surface area contributed by atoms with E-state index in [2.05, 4.69) is 5.32 Å². The summed E-state index contributed by atoms with van der Waals surface area (Å²) in [6.07, 6.45) is 1.85. The number of hydrogen-bond acceptors (Lipinski definition) is 3. The Kier molecular flexibility index (Phi) is 4.41. The zero-order valence-electron chi connectivity index (χ0n) is 12.5. The van der Waals surface area contributed by atoms with Crippen molar-refractivity contribution >= 4 is 11.8 Å². The lowest BCUT2D eigenvalue weighted by atomic mass is 10.1. The van der Waals surface area contributed by atoms with E-state index in [0.29, 0.717) is 26.1 Å². The molecule has 2 aromatic rings. The maximum absolute atomic E-state index is 12.9. The lowest BCUT2D eigenvalue weighted by Gasteiger charge is -2.17. The van der Waals surface area contributed by atoms with Gasteiger partial charge in [-0.1, -0.05) is 12.1 Å². The Morgan fingerprint density at radius 3 is 2.78 bits per heavy atom. The quantitative estimate of drug-likeness (QED) is 0.920. The number of hydrogen-bond donors (Lipinski definition) is 1. The number of halogens is 1. The minimum atomic E-state index is -0.292. The van der Waals surface area contributed by atoms with Gasteiger partial charge in [0.05, 0.1) is 6.26 Å². The van der Waals surface area contributed by atoms with Gasteiger partial charge in [0.2, 0.25) is 5.91 Å². The Bertz CT molecular complexity index is 682. The molecule has 1 N–H and O–H groups in total. The average Bonchev–Trinajstić information content (AvgIpc) is 3.18. The molecule has 0 saturated carbocycles. The van der Waals surface area contributed by atoms with Crippen molar-refractivity contribution in [3.05, 3.63) is 59.8 Å². The molecule has 120 valence electrons. The summed E-state index contributed by atoms with van der Waals surface area (Å²) in [6.45, 7) is 1.46. The monoisotopic (exact) mass is 316 g/mol. The molecule has 5 nitrogen and oxygen atoms in total. The highest BCUT2D eigenvalue weighted by Crippen LogP contribution is 2.20. The fourth-order valence-electron chi connectivity index (χ4n) is 2.69. The highest BCUT2D eigenvalue weighted by molar-refractivity contribution is 5.91. The molecular formula is C17H17FN2O3. The maximum Gasteiger partial charge on any atom is 0.286 e. The summed E-state index contributed by atoms with van der Waals surface area (Å²) >= 11 is 0. The Hall–Kier alpha value is -2.63. The van der Waals surface area contributed by atoms with E-state index in [1.54, 1.807) is 29.2 Å². The van der Waals surface area contributed by atoms with Gasteiger partial charge in [0.25, 0.3) is 5.91 Å². The number of amides is 2. The molecule has 1 unspecified atom stereocenters. The molecule has 1 aliphatic heterocycles. The average molecular weight is 316 g/mol. The molecular weight excluding hydrogens is 299 g/mol. The van der Waals surface area contributed by atoms with E-state index in [0.717, 1.165) is 5.56 Å². The number of benzene rings is 1. The number of carbonyl (C=O) groups is 2. The minimum absolute atomic E-state index is 0.0478. The van der Waals surface area contributed by atoms with Gasteiger partial charge in [0, 0.05) is 32.0 Å². The first kappa shape index (κ1) is 15.3. The van der Waals surface area contributed by atoms with Crippen LogP contribution in [-0.4, -0.2) is 29.8 Å². The smallest absolute Gasteiger partial charge is 0.286 e. The Morgan fingerprint density at radius 2 is 2.09 bits per heavy atom. The highest BCUT2D eigenvalue weighted by Gasteiger charge is 2.29. The van der Waals surface area contributed by atoms with Gasteiger partial charge in [0.15, 0.2) is 5.76 Å². The van der Waals surface area contributed by atoms with Gasteiger partial charge in [0.1, 0.15) is 5.82 Å². The third kappa shape index (κ3) is 3.77. The second kappa shape index (κ2) is 6.64. The van der Waals surface area contributed by atoms with Crippen molar-refractivity contribution in [3.8, 4) is 0 Å².